The molecule has 124 valence electrons. The molecule has 0 saturated carbocycles. The lowest BCUT2D eigenvalue weighted by molar-refractivity contribution is 0.126. The molecule has 0 amide bonds. The Hall–Kier alpha value is -2.31. The van der Waals surface area contributed by atoms with E-state index in [9.17, 15) is 5.11 Å². The third-order valence-corrected chi connectivity index (χ3v) is 4.25. The summed E-state index contributed by atoms with van der Waals surface area (Å²) in [6, 6.07) is 17.3. The van der Waals surface area contributed by atoms with Crippen LogP contribution in [-0.4, -0.2) is 33.8 Å². The molecule has 1 atom stereocenters. The van der Waals surface area contributed by atoms with Gasteiger partial charge in [0.25, 0.3) is 5.22 Å². The minimum atomic E-state index is -0.620. The predicted octanol–water partition coefficient (Wildman–Crippen LogP) is 3.58. The number of aliphatic hydroxyl groups is 1. The van der Waals surface area contributed by atoms with Crippen molar-refractivity contribution in [3.05, 3.63) is 60.2 Å². The summed E-state index contributed by atoms with van der Waals surface area (Å²) in [7, 11) is 0. The van der Waals surface area contributed by atoms with Crippen LogP contribution in [0.25, 0.3) is 11.5 Å². The summed E-state index contributed by atoms with van der Waals surface area (Å²) in [6.07, 6.45) is -0.620. The number of aryl methyl sites for hydroxylation is 1. The molecule has 1 aromatic heterocycles. The van der Waals surface area contributed by atoms with Crippen molar-refractivity contribution in [1.29, 1.82) is 0 Å². The number of rotatable bonds is 7. The van der Waals surface area contributed by atoms with Crippen LogP contribution in [0.4, 0.5) is 0 Å². The second-order valence-corrected chi connectivity index (χ2v) is 6.30. The van der Waals surface area contributed by atoms with Gasteiger partial charge in [-0.2, -0.15) is 0 Å². The van der Waals surface area contributed by atoms with Crippen molar-refractivity contribution in [1.82, 2.24) is 10.2 Å². The van der Waals surface area contributed by atoms with Gasteiger partial charge in [0.05, 0.1) is 6.10 Å². The van der Waals surface area contributed by atoms with E-state index < -0.39 is 6.10 Å². The van der Waals surface area contributed by atoms with Gasteiger partial charge in [-0.3, -0.25) is 0 Å². The maximum atomic E-state index is 9.99. The quantitative estimate of drug-likeness (QED) is 0.662. The third kappa shape index (κ3) is 4.59. The first-order valence-corrected chi connectivity index (χ1v) is 8.58. The molecule has 0 saturated heterocycles. The van der Waals surface area contributed by atoms with Gasteiger partial charge >= 0.3 is 0 Å². The maximum Gasteiger partial charge on any atom is 0.276 e. The Bertz CT molecular complexity index is 759. The van der Waals surface area contributed by atoms with Crippen LogP contribution in [0, 0.1) is 6.92 Å². The van der Waals surface area contributed by atoms with E-state index in [1.54, 1.807) is 0 Å². The van der Waals surface area contributed by atoms with Gasteiger partial charge in [-0.15, -0.1) is 10.2 Å². The van der Waals surface area contributed by atoms with Gasteiger partial charge < -0.3 is 14.3 Å². The Kier molecular flexibility index (Phi) is 5.51. The number of hydrogen-bond donors (Lipinski definition) is 1. The van der Waals surface area contributed by atoms with Crippen LogP contribution in [0.15, 0.2) is 64.2 Å². The van der Waals surface area contributed by atoms with Crippen molar-refractivity contribution >= 4 is 11.8 Å². The van der Waals surface area contributed by atoms with Gasteiger partial charge in [0.15, 0.2) is 0 Å². The van der Waals surface area contributed by atoms with Gasteiger partial charge in [-0.25, -0.2) is 0 Å². The minimum Gasteiger partial charge on any atom is -0.491 e. The normalized spacial score (nSPS) is 12.1. The highest BCUT2D eigenvalue weighted by atomic mass is 32.2. The summed E-state index contributed by atoms with van der Waals surface area (Å²) in [4.78, 5) is 0. The predicted molar refractivity (Wildman–Crippen MR) is 93.1 cm³/mol. The van der Waals surface area contributed by atoms with Crippen molar-refractivity contribution in [2.24, 2.45) is 0 Å². The van der Waals surface area contributed by atoms with Gasteiger partial charge in [0, 0.05) is 11.3 Å². The molecule has 2 aromatic carbocycles. The fourth-order valence-corrected chi connectivity index (χ4v) is 2.67. The Morgan fingerprint density at radius 2 is 1.83 bits per heavy atom. The Labute approximate surface area is 144 Å². The lowest BCUT2D eigenvalue weighted by atomic mass is 10.1. The zero-order valence-electron chi connectivity index (χ0n) is 13.3. The average Bonchev–Trinajstić information content (AvgIpc) is 3.09. The van der Waals surface area contributed by atoms with E-state index in [1.165, 1.54) is 17.3 Å². The summed E-state index contributed by atoms with van der Waals surface area (Å²) < 4.78 is 11.1. The monoisotopic (exact) mass is 342 g/mol. The van der Waals surface area contributed by atoms with Gasteiger partial charge in [-0.05, 0) is 31.2 Å². The molecule has 0 aliphatic rings. The molecule has 5 nitrogen and oxygen atoms in total. The highest BCUT2D eigenvalue weighted by Gasteiger charge is 2.12. The first-order valence-electron chi connectivity index (χ1n) is 7.60. The molecule has 0 spiro atoms. The topological polar surface area (TPSA) is 68.4 Å². The standard InChI is InChI=1S/C18H18N2O3S/c1-13-7-9-14(10-8-13)17-19-20-18(23-17)24-12-15(21)11-22-16-5-3-2-4-6-16/h2-10,15,21H,11-12H2,1H3. The highest BCUT2D eigenvalue weighted by molar-refractivity contribution is 7.99. The van der Waals surface area contributed by atoms with Crippen LogP contribution in [-0.2, 0) is 0 Å². The van der Waals surface area contributed by atoms with Crippen molar-refractivity contribution in [2.75, 3.05) is 12.4 Å². The zero-order chi connectivity index (χ0) is 16.8. The lowest BCUT2D eigenvalue weighted by Crippen LogP contribution is -2.20. The summed E-state index contributed by atoms with van der Waals surface area (Å²) in [5, 5.41) is 18.5. The van der Waals surface area contributed by atoms with Crippen molar-refractivity contribution in [3.8, 4) is 17.2 Å². The Morgan fingerprint density at radius 1 is 1.08 bits per heavy atom. The van der Waals surface area contributed by atoms with Gasteiger partial charge in [0.2, 0.25) is 5.89 Å². The Balaban J connectivity index is 1.49. The lowest BCUT2D eigenvalue weighted by Gasteiger charge is -2.10. The molecule has 24 heavy (non-hydrogen) atoms. The molecule has 0 aliphatic carbocycles. The number of para-hydroxylation sites is 1. The molecule has 0 radical (unpaired) electrons. The van der Waals surface area contributed by atoms with E-state index in [0.29, 0.717) is 16.9 Å². The number of hydrogen-bond acceptors (Lipinski definition) is 6. The first kappa shape index (κ1) is 16.5. The van der Waals surface area contributed by atoms with Crippen LogP contribution in [0.5, 0.6) is 5.75 Å². The number of nitrogens with zero attached hydrogens (tertiary/aromatic N) is 2. The van der Waals surface area contributed by atoms with Crippen LogP contribution >= 0.6 is 11.8 Å². The molecule has 1 heterocycles. The van der Waals surface area contributed by atoms with E-state index in [0.717, 1.165) is 11.3 Å². The molecule has 3 rings (SSSR count). The minimum absolute atomic E-state index is 0.218. The van der Waals surface area contributed by atoms with E-state index in [4.69, 9.17) is 9.15 Å². The van der Waals surface area contributed by atoms with E-state index in [1.807, 2.05) is 61.5 Å². The van der Waals surface area contributed by atoms with E-state index in [-0.39, 0.29) is 6.61 Å². The van der Waals surface area contributed by atoms with Crippen LogP contribution < -0.4 is 4.74 Å². The van der Waals surface area contributed by atoms with Crippen molar-refractivity contribution < 1.29 is 14.3 Å². The average molecular weight is 342 g/mol. The van der Waals surface area contributed by atoms with E-state index >= 15 is 0 Å². The second-order valence-electron chi connectivity index (χ2n) is 5.33. The molecule has 0 aliphatic heterocycles. The molecule has 3 aromatic rings. The summed E-state index contributed by atoms with van der Waals surface area (Å²) in [6.45, 7) is 2.24. The first-order chi connectivity index (χ1) is 11.7. The van der Waals surface area contributed by atoms with Gasteiger partial charge in [0.1, 0.15) is 12.4 Å². The fourth-order valence-electron chi connectivity index (χ4n) is 2.01. The molecule has 6 heteroatoms. The molecule has 1 N–H and O–H groups in total. The molecular weight excluding hydrogens is 324 g/mol. The van der Waals surface area contributed by atoms with Crippen molar-refractivity contribution in [3.63, 3.8) is 0 Å². The van der Waals surface area contributed by atoms with Gasteiger partial charge in [-0.1, -0.05) is 47.7 Å². The summed E-state index contributed by atoms with van der Waals surface area (Å²) in [5.74, 6) is 1.64. The third-order valence-electron chi connectivity index (χ3n) is 3.29. The number of aromatic nitrogens is 2. The summed E-state index contributed by atoms with van der Waals surface area (Å²) in [5.41, 5.74) is 2.06. The zero-order valence-corrected chi connectivity index (χ0v) is 14.1. The SMILES string of the molecule is Cc1ccc(-c2nnc(SCC(O)COc3ccccc3)o2)cc1. The smallest absolute Gasteiger partial charge is 0.276 e. The van der Waals surface area contributed by atoms with E-state index in [2.05, 4.69) is 10.2 Å². The summed E-state index contributed by atoms with van der Waals surface area (Å²) >= 11 is 1.31. The molecule has 0 fully saturated rings. The number of benzene rings is 2. The van der Waals surface area contributed by atoms with Crippen LogP contribution in [0.1, 0.15) is 5.56 Å². The van der Waals surface area contributed by atoms with Crippen LogP contribution in [0.2, 0.25) is 0 Å². The van der Waals surface area contributed by atoms with Crippen molar-refractivity contribution in [2.45, 2.75) is 18.3 Å². The highest BCUT2D eigenvalue weighted by Crippen LogP contribution is 2.24. The van der Waals surface area contributed by atoms with Crippen LogP contribution in [0.3, 0.4) is 0 Å². The maximum absolute atomic E-state index is 9.99. The number of aliphatic hydroxyl groups excluding tert-OH is 1. The second kappa shape index (κ2) is 7.99. The molecule has 1 unspecified atom stereocenters. The number of ether oxygens (including phenoxy) is 1. The largest absolute Gasteiger partial charge is 0.491 e. The molecular formula is C18H18N2O3S. The number of thioether (sulfide) groups is 1. The molecule has 0 bridgehead atoms. The Morgan fingerprint density at radius 3 is 2.58 bits per heavy atom. The fraction of sp³-hybridized carbons (Fsp3) is 0.222.